The molecule has 1 spiro atoms. The first-order valence-electron chi connectivity index (χ1n) is 5.62. The summed E-state index contributed by atoms with van der Waals surface area (Å²) < 4.78 is 5.31. The highest BCUT2D eigenvalue weighted by atomic mass is 16.5. The first kappa shape index (κ1) is 9.47. The number of fused-ring (bicyclic) bond motifs is 4. The zero-order valence-corrected chi connectivity index (χ0v) is 9.31. The van der Waals surface area contributed by atoms with Crippen LogP contribution in [0.5, 0.6) is 5.88 Å². The lowest BCUT2D eigenvalue weighted by atomic mass is 9.76. The molecule has 4 rings (SSSR count). The summed E-state index contributed by atoms with van der Waals surface area (Å²) in [6.45, 7) is 0. The van der Waals surface area contributed by atoms with Crippen LogP contribution in [0.4, 0.5) is 5.69 Å². The lowest BCUT2D eigenvalue weighted by Crippen LogP contribution is -2.35. The fourth-order valence-electron chi connectivity index (χ4n) is 2.65. The molecule has 88 valence electrons. The van der Waals surface area contributed by atoms with Gasteiger partial charge in [-0.3, -0.25) is 9.89 Å². The van der Waals surface area contributed by atoms with Crippen molar-refractivity contribution in [1.29, 1.82) is 0 Å². The van der Waals surface area contributed by atoms with E-state index in [2.05, 4.69) is 15.5 Å². The van der Waals surface area contributed by atoms with Crippen molar-refractivity contribution >= 4 is 11.6 Å². The van der Waals surface area contributed by atoms with E-state index in [1.807, 2.05) is 24.3 Å². The van der Waals surface area contributed by atoms with Crippen molar-refractivity contribution in [2.45, 2.75) is 5.41 Å². The number of rotatable bonds is 0. The second-order valence-corrected chi connectivity index (χ2v) is 4.33. The number of ether oxygens (including phenoxy) is 1. The zero-order valence-electron chi connectivity index (χ0n) is 9.31. The molecule has 0 fully saturated rings. The molecule has 0 radical (unpaired) electrons. The molecule has 0 aliphatic carbocycles. The minimum atomic E-state index is -0.822. The summed E-state index contributed by atoms with van der Waals surface area (Å²) >= 11 is 0. The molecule has 18 heavy (non-hydrogen) atoms. The number of nitrogens with one attached hydrogen (secondary N) is 2. The summed E-state index contributed by atoms with van der Waals surface area (Å²) in [7, 11) is 0. The van der Waals surface area contributed by atoms with Crippen molar-refractivity contribution in [3.8, 4) is 5.88 Å². The maximum absolute atomic E-state index is 12.4. The van der Waals surface area contributed by atoms with Crippen LogP contribution >= 0.6 is 0 Å². The molecule has 0 saturated carbocycles. The van der Waals surface area contributed by atoms with E-state index >= 15 is 0 Å². The minimum absolute atomic E-state index is 0.0779. The summed E-state index contributed by atoms with van der Waals surface area (Å²) in [6.07, 6.45) is 5.00. The second kappa shape index (κ2) is 3.01. The molecule has 2 N–H and O–H groups in total. The minimum Gasteiger partial charge on any atom is -0.446 e. The molecular weight excluding hydrogens is 230 g/mol. The van der Waals surface area contributed by atoms with E-state index in [-0.39, 0.29) is 5.91 Å². The molecule has 5 heteroatoms. The number of nitrogens with zero attached hydrogens (tertiary/aromatic N) is 1. The number of H-pyrrole nitrogens is 1. The predicted octanol–water partition coefficient (Wildman–Crippen LogP) is 1.55. The number of benzene rings is 1. The van der Waals surface area contributed by atoms with Crippen molar-refractivity contribution < 1.29 is 9.53 Å². The van der Waals surface area contributed by atoms with Gasteiger partial charge in [0.2, 0.25) is 11.8 Å². The topological polar surface area (TPSA) is 67.0 Å². The van der Waals surface area contributed by atoms with Crippen molar-refractivity contribution in [1.82, 2.24) is 10.2 Å². The molecule has 2 aliphatic heterocycles. The molecule has 3 heterocycles. The molecule has 1 unspecified atom stereocenters. The van der Waals surface area contributed by atoms with E-state index < -0.39 is 5.41 Å². The van der Waals surface area contributed by atoms with Gasteiger partial charge >= 0.3 is 0 Å². The van der Waals surface area contributed by atoms with Crippen LogP contribution in [-0.4, -0.2) is 16.1 Å². The molecule has 5 nitrogen and oxygen atoms in total. The lowest BCUT2D eigenvalue weighted by molar-refractivity contribution is -0.118. The van der Waals surface area contributed by atoms with Crippen LogP contribution in [0, 0.1) is 0 Å². The van der Waals surface area contributed by atoms with Crippen LogP contribution < -0.4 is 10.1 Å². The third-order valence-electron chi connectivity index (χ3n) is 3.49. The number of anilines is 1. The van der Waals surface area contributed by atoms with Crippen LogP contribution in [0.3, 0.4) is 0 Å². The Balaban J connectivity index is 2.07. The number of hydrogen-bond donors (Lipinski definition) is 2. The normalized spacial score (nSPS) is 23.4. The lowest BCUT2D eigenvalue weighted by Gasteiger charge is -2.25. The molecule has 1 aromatic carbocycles. The average molecular weight is 239 g/mol. The maximum atomic E-state index is 12.4. The van der Waals surface area contributed by atoms with Crippen molar-refractivity contribution in [2.75, 3.05) is 5.32 Å². The Kier molecular flexibility index (Phi) is 1.58. The second-order valence-electron chi connectivity index (χ2n) is 4.33. The van der Waals surface area contributed by atoms with Crippen molar-refractivity contribution in [3.05, 3.63) is 53.9 Å². The first-order valence-corrected chi connectivity index (χ1v) is 5.62. The Morgan fingerprint density at radius 1 is 1.22 bits per heavy atom. The van der Waals surface area contributed by atoms with Crippen LogP contribution in [0.2, 0.25) is 0 Å². The Bertz CT molecular complexity index is 689. The van der Waals surface area contributed by atoms with E-state index in [1.165, 1.54) is 6.26 Å². The first-order chi connectivity index (χ1) is 8.82. The summed E-state index contributed by atoms with van der Waals surface area (Å²) in [5, 5.41) is 9.65. The maximum Gasteiger partial charge on any atom is 0.243 e. The zero-order chi connectivity index (χ0) is 12.2. The Morgan fingerprint density at radius 2 is 2.11 bits per heavy atom. The van der Waals surface area contributed by atoms with E-state index in [0.29, 0.717) is 5.88 Å². The molecule has 2 aliphatic rings. The third kappa shape index (κ3) is 0.924. The van der Waals surface area contributed by atoms with Gasteiger partial charge in [0.05, 0.1) is 11.8 Å². The fourth-order valence-corrected chi connectivity index (χ4v) is 2.65. The largest absolute Gasteiger partial charge is 0.446 e. The molecule has 0 saturated heterocycles. The third-order valence-corrected chi connectivity index (χ3v) is 3.49. The van der Waals surface area contributed by atoms with Gasteiger partial charge in [-0.15, -0.1) is 5.10 Å². The molecule has 0 bridgehead atoms. The van der Waals surface area contributed by atoms with Crippen LogP contribution in [-0.2, 0) is 10.2 Å². The Hall–Kier alpha value is -2.56. The van der Waals surface area contributed by atoms with Gasteiger partial charge in [0.1, 0.15) is 5.41 Å². The van der Waals surface area contributed by atoms with Crippen LogP contribution in [0.25, 0.3) is 0 Å². The van der Waals surface area contributed by atoms with Gasteiger partial charge in [-0.25, -0.2) is 0 Å². The smallest absolute Gasteiger partial charge is 0.243 e. The number of carbonyl (C=O) groups excluding carboxylic acids is 1. The summed E-state index contributed by atoms with van der Waals surface area (Å²) in [4.78, 5) is 12.4. The van der Waals surface area contributed by atoms with Gasteiger partial charge in [-0.05, 0) is 17.7 Å². The van der Waals surface area contributed by atoms with E-state index in [0.717, 1.165) is 16.8 Å². The highest BCUT2D eigenvalue weighted by Crippen LogP contribution is 2.47. The van der Waals surface area contributed by atoms with Gasteiger partial charge in [0, 0.05) is 11.9 Å². The predicted molar refractivity (Wildman–Crippen MR) is 64.2 cm³/mol. The van der Waals surface area contributed by atoms with Gasteiger partial charge in [0.25, 0.3) is 0 Å². The SMILES string of the molecule is O=C1Nc2ccccc2C12C=COc1n[nH]cc12. The number of hydrogen-bond acceptors (Lipinski definition) is 3. The monoisotopic (exact) mass is 239 g/mol. The molecule has 1 amide bonds. The van der Waals surface area contributed by atoms with E-state index in [9.17, 15) is 4.79 Å². The van der Waals surface area contributed by atoms with E-state index in [4.69, 9.17) is 4.74 Å². The fraction of sp³-hybridized carbons (Fsp3) is 0.0769. The Morgan fingerprint density at radius 3 is 3.06 bits per heavy atom. The van der Waals surface area contributed by atoms with Gasteiger partial charge < -0.3 is 10.1 Å². The molecule has 2 aromatic rings. The summed E-state index contributed by atoms with van der Waals surface area (Å²) in [5.41, 5.74) is 1.68. The summed E-state index contributed by atoms with van der Waals surface area (Å²) in [5.74, 6) is 0.371. The number of para-hydroxylation sites is 1. The number of aromatic nitrogens is 2. The highest BCUT2D eigenvalue weighted by Gasteiger charge is 2.50. The van der Waals surface area contributed by atoms with Gasteiger partial charge in [0.15, 0.2) is 0 Å². The highest BCUT2D eigenvalue weighted by molar-refractivity contribution is 6.10. The molecule has 1 aromatic heterocycles. The van der Waals surface area contributed by atoms with Gasteiger partial charge in [-0.1, -0.05) is 18.2 Å². The molecular formula is C13H9N3O2. The number of carbonyl (C=O) groups is 1. The summed E-state index contributed by atoms with van der Waals surface area (Å²) in [6, 6.07) is 7.66. The van der Waals surface area contributed by atoms with E-state index in [1.54, 1.807) is 12.3 Å². The van der Waals surface area contributed by atoms with Gasteiger partial charge in [-0.2, -0.15) is 0 Å². The Labute approximate surface area is 102 Å². The average Bonchev–Trinajstić information content (AvgIpc) is 2.96. The van der Waals surface area contributed by atoms with Crippen LogP contribution in [0.1, 0.15) is 11.1 Å². The molecule has 1 atom stereocenters. The number of amides is 1. The quantitative estimate of drug-likeness (QED) is 0.733. The van der Waals surface area contributed by atoms with Crippen molar-refractivity contribution in [2.24, 2.45) is 0 Å². The van der Waals surface area contributed by atoms with Crippen LogP contribution in [0.15, 0.2) is 42.8 Å². The van der Waals surface area contributed by atoms with Crippen molar-refractivity contribution in [3.63, 3.8) is 0 Å². The number of aromatic amines is 1. The standard InChI is InChI=1S/C13H9N3O2/c17-12-13(8-3-1-2-4-10(8)15-12)5-6-18-11-9(13)7-14-16-11/h1-7H,(H,14,16)(H,15,17).